The van der Waals surface area contributed by atoms with E-state index in [2.05, 4.69) is 30.8 Å². The molecule has 0 aliphatic rings. The van der Waals surface area contributed by atoms with Crippen molar-refractivity contribution < 1.29 is 0 Å². The van der Waals surface area contributed by atoms with Crippen molar-refractivity contribution in [2.45, 2.75) is 30.4 Å². The smallest absolute Gasteiger partial charge is 0.0511 e. The molecule has 0 fully saturated rings. The minimum absolute atomic E-state index is 0.126. The molecule has 1 aromatic carbocycles. The van der Waals surface area contributed by atoms with Crippen molar-refractivity contribution in [1.29, 1.82) is 0 Å². The fourth-order valence-electron chi connectivity index (χ4n) is 1.00. The zero-order valence-corrected chi connectivity index (χ0v) is 9.38. The summed E-state index contributed by atoms with van der Waals surface area (Å²) in [5.41, 5.74) is 9.10. The van der Waals surface area contributed by atoms with Gasteiger partial charge in [-0.25, -0.2) is 0 Å². The van der Waals surface area contributed by atoms with E-state index in [1.807, 2.05) is 24.3 Å². The molecule has 0 aromatic heterocycles. The molecule has 3 nitrogen and oxygen atoms in total. The second-order valence-corrected chi connectivity index (χ2v) is 5.74. The predicted octanol–water partition coefficient (Wildman–Crippen LogP) is 4.52. The third-order valence-electron chi connectivity index (χ3n) is 1.43. The lowest BCUT2D eigenvalue weighted by molar-refractivity contribution is 0.803. The molecule has 0 radical (unpaired) electrons. The molecule has 0 unspecified atom stereocenters. The number of hydrogen-bond acceptors (Lipinski definition) is 2. The Morgan fingerprint density at radius 2 is 1.93 bits per heavy atom. The molecular weight excluding hydrogens is 194 g/mol. The Morgan fingerprint density at radius 1 is 1.29 bits per heavy atom. The van der Waals surface area contributed by atoms with Gasteiger partial charge in [0.15, 0.2) is 0 Å². The molecule has 74 valence electrons. The first-order valence-corrected chi connectivity index (χ1v) is 5.18. The highest BCUT2D eigenvalue weighted by Crippen LogP contribution is 2.37. The maximum atomic E-state index is 8.39. The molecule has 1 rings (SSSR count). The lowest BCUT2D eigenvalue weighted by atomic mass is 10.3. The van der Waals surface area contributed by atoms with Crippen molar-refractivity contribution in [1.82, 2.24) is 0 Å². The van der Waals surface area contributed by atoms with Crippen LogP contribution in [0.5, 0.6) is 0 Å². The first-order valence-electron chi connectivity index (χ1n) is 4.36. The first-order chi connectivity index (χ1) is 6.53. The highest BCUT2D eigenvalue weighted by Gasteiger charge is 2.13. The molecule has 1 aromatic rings. The van der Waals surface area contributed by atoms with Gasteiger partial charge in [0.25, 0.3) is 0 Å². The highest BCUT2D eigenvalue weighted by atomic mass is 32.2. The van der Waals surface area contributed by atoms with Gasteiger partial charge < -0.3 is 0 Å². The van der Waals surface area contributed by atoms with Gasteiger partial charge in [-0.3, -0.25) is 0 Å². The standard InChI is InChI=1S/C10H13N3S/c1-10(2,3)14-9-7-5-4-6-8(9)12-13-11/h4-7H,1-3H3. The lowest BCUT2D eigenvalue weighted by Gasteiger charge is -2.18. The van der Waals surface area contributed by atoms with Crippen LogP contribution in [0.2, 0.25) is 0 Å². The van der Waals surface area contributed by atoms with E-state index in [0.29, 0.717) is 5.69 Å². The van der Waals surface area contributed by atoms with Crippen LogP contribution in [0.4, 0.5) is 5.69 Å². The zero-order chi connectivity index (χ0) is 10.6. The molecule has 0 spiro atoms. The van der Waals surface area contributed by atoms with Gasteiger partial charge in [0.2, 0.25) is 0 Å². The van der Waals surface area contributed by atoms with E-state index in [0.717, 1.165) is 4.90 Å². The van der Waals surface area contributed by atoms with Crippen LogP contribution < -0.4 is 0 Å². The SMILES string of the molecule is CC(C)(C)Sc1ccccc1N=[N+]=[N-]. The lowest BCUT2D eigenvalue weighted by Crippen LogP contribution is -2.06. The topological polar surface area (TPSA) is 48.8 Å². The Kier molecular flexibility index (Phi) is 3.44. The van der Waals surface area contributed by atoms with Crippen LogP contribution in [-0.4, -0.2) is 4.75 Å². The number of benzene rings is 1. The molecule has 0 aliphatic heterocycles. The molecular formula is C10H13N3S. The fraction of sp³-hybridized carbons (Fsp3) is 0.400. The van der Waals surface area contributed by atoms with Gasteiger partial charge in [-0.1, -0.05) is 44.1 Å². The van der Waals surface area contributed by atoms with Crippen LogP contribution in [0.15, 0.2) is 34.3 Å². The molecule has 0 bridgehead atoms. The van der Waals surface area contributed by atoms with Crippen LogP contribution in [0.3, 0.4) is 0 Å². The summed E-state index contributed by atoms with van der Waals surface area (Å²) in [6.07, 6.45) is 0. The maximum absolute atomic E-state index is 8.39. The van der Waals surface area contributed by atoms with Gasteiger partial charge in [0, 0.05) is 14.6 Å². The molecule has 0 saturated heterocycles. The minimum atomic E-state index is 0.126. The summed E-state index contributed by atoms with van der Waals surface area (Å²) in [5, 5.41) is 3.65. The quantitative estimate of drug-likeness (QED) is 0.304. The van der Waals surface area contributed by atoms with E-state index in [9.17, 15) is 0 Å². The van der Waals surface area contributed by atoms with Crippen molar-refractivity contribution in [3.05, 3.63) is 34.7 Å². The van der Waals surface area contributed by atoms with Crippen LogP contribution >= 0.6 is 11.8 Å². The molecule has 0 aliphatic carbocycles. The first kappa shape index (κ1) is 11.0. The second-order valence-electron chi connectivity index (χ2n) is 3.87. The molecule has 0 heterocycles. The maximum Gasteiger partial charge on any atom is 0.0511 e. The number of hydrogen-bond donors (Lipinski definition) is 0. The van der Waals surface area contributed by atoms with E-state index in [4.69, 9.17) is 5.53 Å². The van der Waals surface area contributed by atoms with Gasteiger partial charge in [0.1, 0.15) is 0 Å². The number of thioether (sulfide) groups is 1. The van der Waals surface area contributed by atoms with Crippen LogP contribution in [-0.2, 0) is 0 Å². The van der Waals surface area contributed by atoms with Crippen molar-refractivity contribution in [3.8, 4) is 0 Å². The average molecular weight is 207 g/mol. The van der Waals surface area contributed by atoms with Gasteiger partial charge in [0.05, 0.1) is 5.69 Å². The van der Waals surface area contributed by atoms with Crippen molar-refractivity contribution >= 4 is 17.4 Å². The number of rotatable bonds is 2. The molecule has 0 atom stereocenters. The summed E-state index contributed by atoms with van der Waals surface area (Å²) in [6.45, 7) is 6.39. The molecule has 0 amide bonds. The minimum Gasteiger partial charge on any atom is -0.120 e. The third-order valence-corrected chi connectivity index (χ3v) is 2.61. The van der Waals surface area contributed by atoms with Gasteiger partial charge in [-0.2, -0.15) is 0 Å². The number of nitrogens with zero attached hydrogens (tertiary/aromatic N) is 3. The van der Waals surface area contributed by atoms with Gasteiger partial charge >= 0.3 is 0 Å². The predicted molar refractivity (Wildman–Crippen MR) is 60.9 cm³/mol. The Morgan fingerprint density at radius 3 is 2.50 bits per heavy atom. The van der Waals surface area contributed by atoms with E-state index in [1.54, 1.807) is 11.8 Å². The Bertz CT molecular complexity index is 362. The van der Waals surface area contributed by atoms with Crippen molar-refractivity contribution in [2.75, 3.05) is 0 Å². The summed E-state index contributed by atoms with van der Waals surface area (Å²) in [7, 11) is 0. The van der Waals surface area contributed by atoms with Crippen LogP contribution in [0, 0.1) is 0 Å². The average Bonchev–Trinajstić information content (AvgIpc) is 2.06. The monoisotopic (exact) mass is 207 g/mol. The van der Waals surface area contributed by atoms with E-state index in [1.165, 1.54) is 0 Å². The second kappa shape index (κ2) is 4.40. The number of azide groups is 1. The molecule has 0 saturated carbocycles. The normalized spacial score (nSPS) is 10.8. The van der Waals surface area contributed by atoms with Crippen molar-refractivity contribution in [2.24, 2.45) is 5.11 Å². The highest BCUT2D eigenvalue weighted by molar-refractivity contribution is 8.00. The van der Waals surface area contributed by atoms with Gasteiger partial charge in [-0.15, -0.1) is 11.8 Å². The third kappa shape index (κ3) is 3.32. The zero-order valence-electron chi connectivity index (χ0n) is 8.56. The Hall–Kier alpha value is -1.12. The fourth-order valence-corrected chi connectivity index (χ4v) is 2.02. The molecule has 14 heavy (non-hydrogen) atoms. The summed E-state index contributed by atoms with van der Waals surface area (Å²) in [4.78, 5) is 3.83. The van der Waals surface area contributed by atoms with E-state index < -0.39 is 0 Å². The van der Waals surface area contributed by atoms with Crippen LogP contribution in [0.25, 0.3) is 10.4 Å². The summed E-state index contributed by atoms with van der Waals surface area (Å²) in [5.74, 6) is 0. The van der Waals surface area contributed by atoms with Crippen molar-refractivity contribution in [3.63, 3.8) is 0 Å². The molecule has 0 N–H and O–H groups in total. The summed E-state index contributed by atoms with van der Waals surface area (Å²) >= 11 is 1.70. The van der Waals surface area contributed by atoms with Crippen LogP contribution in [0.1, 0.15) is 20.8 Å². The summed E-state index contributed by atoms with van der Waals surface area (Å²) in [6, 6.07) is 7.62. The van der Waals surface area contributed by atoms with E-state index in [-0.39, 0.29) is 4.75 Å². The Labute approximate surface area is 88.1 Å². The molecule has 4 heteroatoms. The summed E-state index contributed by atoms with van der Waals surface area (Å²) < 4.78 is 0.126. The van der Waals surface area contributed by atoms with Gasteiger partial charge in [-0.05, 0) is 11.6 Å². The largest absolute Gasteiger partial charge is 0.120 e. The Balaban J connectivity index is 3.01. The van der Waals surface area contributed by atoms with E-state index >= 15 is 0 Å².